The quantitative estimate of drug-likeness (QED) is 0.642. The zero-order valence-corrected chi connectivity index (χ0v) is 11.5. The molecule has 0 atom stereocenters. The van der Waals surface area contributed by atoms with Crippen LogP contribution in [0.1, 0.15) is 22.4 Å². The second-order valence-corrected chi connectivity index (χ2v) is 4.71. The van der Waals surface area contributed by atoms with Crippen LogP contribution in [0.2, 0.25) is 0 Å². The van der Waals surface area contributed by atoms with Gasteiger partial charge in [-0.15, -0.1) is 0 Å². The molecule has 0 aliphatic heterocycles. The predicted octanol–water partition coefficient (Wildman–Crippen LogP) is 2.21. The van der Waals surface area contributed by atoms with Crippen molar-refractivity contribution >= 4 is 5.69 Å². The molecule has 20 heavy (non-hydrogen) atoms. The lowest BCUT2D eigenvalue weighted by Crippen LogP contribution is -2.05. The fourth-order valence-corrected chi connectivity index (χ4v) is 1.97. The van der Waals surface area contributed by atoms with Gasteiger partial charge in [0.15, 0.2) is 0 Å². The van der Waals surface area contributed by atoms with E-state index in [2.05, 4.69) is 10.3 Å². The van der Waals surface area contributed by atoms with Crippen molar-refractivity contribution in [1.29, 1.82) is 0 Å². The highest BCUT2D eigenvalue weighted by molar-refractivity contribution is 5.52. The summed E-state index contributed by atoms with van der Waals surface area (Å²) in [5.74, 6) is 0.341. The Bertz CT molecular complexity index is 627. The SMILES string of the molecule is Cc1cc(NCc2c(CO)cnc(C)c2O)ccc1O. The van der Waals surface area contributed by atoms with Crippen molar-refractivity contribution in [3.8, 4) is 11.5 Å². The first-order valence-corrected chi connectivity index (χ1v) is 6.33. The molecule has 2 aromatic rings. The third-order valence-corrected chi connectivity index (χ3v) is 3.27. The van der Waals surface area contributed by atoms with E-state index in [1.165, 1.54) is 0 Å². The Morgan fingerprint density at radius 1 is 1.20 bits per heavy atom. The lowest BCUT2D eigenvalue weighted by molar-refractivity contribution is 0.279. The number of phenolic OH excluding ortho intramolecular Hbond substituents is 1. The van der Waals surface area contributed by atoms with Gasteiger partial charge >= 0.3 is 0 Å². The Hall–Kier alpha value is -2.27. The Balaban J connectivity index is 2.22. The number of hydrogen-bond acceptors (Lipinski definition) is 5. The minimum absolute atomic E-state index is 0.0968. The Morgan fingerprint density at radius 3 is 2.60 bits per heavy atom. The van der Waals surface area contributed by atoms with Crippen LogP contribution in [-0.2, 0) is 13.2 Å². The molecule has 4 N–H and O–H groups in total. The number of pyridine rings is 1. The van der Waals surface area contributed by atoms with Crippen molar-refractivity contribution in [3.05, 3.63) is 46.8 Å². The first kappa shape index (κ1) is 14.1. The van der Waals surface area contributed by atoms with E-state index < -0.39 is 0 Å². The molecule has 0 radical (unpaired) electrons. The topological polar surface area (TPSA) is 85.6 Å². The monoisotopic (exact) mass is 274 g/mol. The number of aryl methyl sites for hydroxylation is 2. The van der Waals surface area contributed by atoms with Crippen LogP contribution in [0.3, 0.4) is 0 Å². The normalized spacial score (nSPS) is 10.6. The third kappa shape index (κ3) is 2.83. The highest BCUT2D eigenvalue weighted by Crippen LogP contribution is 2.26. The number of anilines is 1. The first-order valence-electron chi connectivity index (χ1n) is 6.33. The zero-order valence-electron chi connectivity index (χ0n) is 11.5. The summed E-state index contributed by atoms with van der Waals surface area (Å²) in [6, 6.07) is 5.19. The number of benzene rings is 1. The molecule has 0 aliphatic carbocycles. The van der Waals surface area contributed by atoms with E-state index in [4.69, 9.17) is 0 Å². The van der Waals surface area contributed by atoms with Gasteiger partial charge in [-0.1, -0.05) is 0 Å². The number of aliphatic hydroxyl groups excluding tert-OH is 1. The van der Waals surface area contributed by atoms with Crippen molar-refractivity contribution in [3.63, 3.8) is 0 Å². The lowest BCUT2D eigenvalue weighted by atomic mass is 10.1. The van der Waals surface area contributed by atoms with Crippen molar-refractivity contribution in [1.82, 2.24) is 4.98 Å². The number of nitrogens with one attached hydrogen (secondary N) is 1. The maximum Gasteiger partial charge on any atom is 0.142 e. The van der Waals surface area contributed by atoms with Gasteiger partial charge in [0.2, 0.25) is 0 Å². The van der Waals surface area contributed by atoms with Gasteiger partial charge in [-0.2, -0.15) is 0 Å². The Morgan fingerprint density at radius 2 is 1.95 bits per heavy atom. The third-order valence-electron chi connectivity index (χ3n) is 3.27. The molecule has 0 bridgehead atoms. The minimum Gasteiger partial charge on any atom is -0.508 e. The van der Waals surface area contributed by atoms with Gasteiger partial charge in [-0.3, -0.25) is 4.98 Å². The number of hydrogen-bond donors (Lipinski definition) is 4. The molecular weight excluding hydrogens is 256 g/mol. The smallest absolute Gasteiger partial charge is 0.142 e. The van der Waals surface area contributed by atoms with Crippen LogP contribution in [0.5, 0.6) is 11.5 Å². The summed E-state index contributed by atoms with van der Waals surface area (Å²) in [6.45, 7) is 3.72. The van der Waals surface area contributed by atoms with Crippen LogP contribution in [0.15, 0.2) is 24.4 Å². The number of phenols is 1. The number of aromatic hydroxyl groups is 2. The van der Waals surface area contributed by atoms with E-state index in [0.717, 1.165) is 11.3 Å². The molecule has 5 heteroatoms. The fourth-order valence-electron chi connectivity index (χ4n) is 1.97. The largest absolute Gasteiger partial charge is 0.508 e. The van der Waals surface area contributed by atoms with E-state index in [1.54, 1.807) is 25.3 Å². The van der Waals surface area contributed by atoms with Crippen LogP contribution in [0.25, 0.3) is 0 Å². The molecular formula is C15H18N2O3. The average molecular weight is 274 g/mol. The second-order valence-electron chi connectivity index (χ2n) is 4.71. The van der Waals surface area contributed by atoms with Crippen molar-refractivity contribution < 1.29 is 15.3 Å². The van der Waals surface area contributed by atoms with Crippen molar-refractivity contribution in [2.45, 2.75) is 27.0 Å². The number of nitrogens with zero attached hydrogens (tertiary/aromatic N) is 1. The van der Waals surface area contributed by atoms with Crippen molar-refractivity contribution in [2.75, 3.05) is 5.32 Å². The number of aliphatic hydroxyl groups is 1. The van der Waals surface area contributed by atoms with Crippen LogP contribution in [0.4, 0.5) is 5.69 Å². The maximum absolute atomic E-state index is 10.0. The summed E-state index contributed by atoms with van der Waals surface area (Å²) in [6.07, 6.45) is 1.56. The molecule has 0 unspecified atom stereocenters. The highest BCUT2D eigenvalue weighted by atomic mass is 16.3. The number of rotatable bonds is 4. The van der Waals surface area contributed by atoms with Gasteiger partial charge in [0, 0.05) is 29.6 Å². The first-order chi connectivity index (χ1) is 9.52. The molecule has 0 amide bonds. The molecule has 1 heterocycles. The van der Waals surface area contributed by atoms with Gasteiger partial charge in [0.05, 0.1) is 12.3 Å². The van der Waals surface area contributed by atoms with E-state index >= 15 is 0 Å². The summed E-state index contributed by atoms with van der Waals surface area (Å²) in [5.41, 5.74) is 3.35. The standard InChI is InChI=1S/C15H18N2O3/c1-9-5-12(3-4-14(9)19)17-7-13-11(8-18)6-16-10(2)15(13)20/h3-6,17-20H,7-8H2,1-2H3. The van der Waals surface area contributed by atoms with Crippen LogP contribution >= 0.6 is 0 Å². The lowest BCUT2D eigenvalue weighted by Gasteiger charge is -2.13. The minimum atomic E-state index is -0.174. The summed E-state index contributed by atoms with van der Waals surface area (Å²) in [7, 11) is 0. The summed E-state index contributed by atoms with van der Waals surface area (Å²) >= 11 is 0. The molecule has 1 aromatic heterocycles. The van der Waals surface area contributed by atoms with Crippen molar-refractivity contribution in [2.24, 2.45) is 0 Å². The summed E-state index contributed by atoms with van der Waals surface area (Å²) in [4.78, 5) is 4.02. The number of aromatic nitrogens is 1. The van der Waals surface area contributed by atoms with E-state index in [0.29, 0.717) is 23.4 Å². The van der Waals surface area contributed by atoms with E-state index in [9.17, 15) is 15.3 Å². The summed E-state index contributed by atoms with van der Waals surface area (Å²) in [5, 5.41) is 32.0. The maximum atomic E-state index is 10.0. The van der Waals surface area contributed by atoms with Gasteiger partial charge in [-0.25, -0.2) is 0 Å². The fraction of sp³-hybridized carbons (Fsp3) is 0.267. The van der Waals surface area contributed by atoms with Crippen LogP contribution in [-0.4, -0.2) is 20.3 Å². The molecule has 0 saturated carbocycles. The van der Waals surface area contributed by atoms with Crippen LogP contribution < -0.4 is 5.32 Å². The highest BCUT2D eigenvalue weighted by Gasteiger charge is 2.11. The zero-order chi connectivity index (χ0) is 14.7. The van der Waals surface area contributed by atoms with Gasteiger partial charge in [-0.05, 0) is 37.6 Å². The molecule has 0 aliphatic rings. The molecule has 106 valence electrons. The Kier molecular flexibility index (Phi) is 4.10. The molecule has 0 spiro atoms. The summed E-state index contributed by atoms with van der Waals surface area (Å²) < 4.78 is 0. The van der Waals surface area contributed by atoms with Crippen LogP contribution in [0, 0.1) is 13.8 Å². The molecule has 0 fully saturated rings. The molecule has 0 saturated heterocycles. The van der Waals surface area contributed by atoms with E-state index in [-0.39, 0.29) is 18.1 Å². The molecule has 1 aromatic carbocycles. The molecule has 2 rings (SSSR count). The average Bonchev–Trinajstić information content (AvgIpc) is 2.44. The Labute approximate surface area is 117 Å². The second kappa shape index (κ2) is 5.79. The van der Waals surface area contributed by atoms with E-state index in [1.807, 2.05) is 13.0 Å². The van der Waals surface area contributed by atoms with Gasteiger partial charge in [0.25, 0.3) is 0 Å². The molecule has 5 nitrogen and oxygen atoms in total. The van der Waals surface area contributed by atoms with Gasteiger partial charge in [0.1, 0.15) is 11.5 Å². The predicted molar refractivity (Wildman–Crippen MR) is 76.7 cm³/mol. The van der Waals surface area contributed by atoms with Gasteiger partial charge < -0.3 is 20.6 Å².